The van der Waals surface area contributed by atoms with Crippen molar-refractivity contribution in [3.05, 3.63) is 58.3 Å². The molecule has 0 aliphatic heterocycles. The fourth-order valence-electron chi connectivity index (χ4n) is 2.51. The molecule has 0 radical (unpaired) electrons. The van der Waals surface area contributed by atoms with E-state index in [4.69, 9.17) is 4.98 Å². The van der Waals surface area contributed by atoms with Crippen LogP contribution in [0.5, 0.6) is 0 Å². The van der Waals surface area contributed by atoms with Crippen molar-refractivity contribution in [3.8, 4) is 10.6 Å². The van der Waals surface area contributed by atoms with Crippen molar-refractivity contribution < 1.29 is 4.79 Å². The first-order chi connectivity index (χ1) is 12.8. The van der Waals surface area contributed by atoms with Gasteiger partial charge < -0.3 is 10.6 Å². The molecule has 2 aromatic heterocycles. The monoisotopic (exact) mass is 399 g/mol. The Hall–Kier alpha value is -2.18. The van der Waals surface area contributed by atoms with Gasteiger partial charge in [-0.3, -0.25) is 4.79 Å². The number of hydrogen-bond acceptors (Lipinski definition) is 5. The molecule has 2 N–H and O–H groups in total. The van der Waals surface area contributed by atoms with E-state index in [0.717, 1.165) is 20.6 Å². The van der Waals surface area contributed by atoms with Crippen molar-refractivity contribution in [2.75, 3.05) is 5.32 Å². The number of nitrogens with zero attached hydrogens (tertiary/aromatic N) is 1. The number of thiazole rings is 1. The zero-order chi connectivity index (χ0) is 19.4. The van der Waals surface area contributed by atoms with Crippen LogP contribution in [0.15, 0.2) is 47.8 Å². The Morgan fingerprint density at radius 3 is 2.59 bits per heavy atom. The summed E-state index contributed by atoms with van der Waals surface area (Å²) in [6.45, 7) is 8.45. The Bertz CT molecular complexity index is 894. The summed E-state index contributed by atoms with van der Waals surface area (Å²) in [6.07, 6.45) is 0. The number of aromatic nitrogens is 1. The predicted octanol–water partition coefficient (Wildman–Crippen LogP) is 5.71. The summed E-state index contributed by atoms with van der Waals surface area (Å²) in [5.41, 5.74) is 1.84. The van der Waals surface area contributed by atoms with Crippen LogP contribution in [-0.2, 0) is 11.3 Å². The van der Waals surface area contributed by atoms with Gasteiger partial charge in [0.05, 0.1) is 23.2 Å². The predicted molar refractivity (Wildman–Crippen MR) is 115 cm³/mol. The normalized spacial score (nSPS) is 12.6. The first-order valence-corrected chi connectivity index (χ1v) is 10.7. The van der Waals surface area contributed by atoms with E-state index in [1.165, 1.54) is 5.56 Å². The minimum atomic E-state index is -0.370. The SMILES string of the molecule is CC(Nc1nc(-c2ccc(CNC(=O)C(C)(C)C)s2)cs1)c1ccccc1. The quantitative estimate of drug-likeness (QED) is 0.558. The van der Waals surface area contributed by atoms with Crippen LogP contribution in [0.25, 0.3) is 10.6 Å². The Kier molecular flexibility index (Phi) is 5.97. The van der Waals surface area contributed by atoms with Crippen LogP contribution in [-0.4, -0.2) is 10.9 Å². The molecule has 3 rings (SSSR count). The number of carbonyl (C=O) groups excluding carboxylic acids is 1. The van der Waals surface area contributed by atoms with Crippen LogP contribution in [0.3, 0.4) is 0 Å². The highest BCUT2D eigenvalue weighted by molar-refractivity contribution is 7.17. The number of benzene rings is 1. The second-order valence-electron chi connectivity index (χ2n) is 7.51. The second kappa shape index (κ2) is 8.23. The molecule has 0 fully saturated rings. The minimum absolute atomic E-state index is 0.0625. The molecular weight excluding hydrogens is 374 g/mol. The molecule has 3 aromatic rings. The van der Waals surface area contributed by atoms with E-state index in [9.17, 15) is 4.79 Å². The Morgan fingerprint density at radius 1 is 1.15 bits per heavy atom. The summed E-state index contributed by atoms with van der Waals surface area (Å²) >= 11 is 3.28. The van der Waals surface area contributed by atoms with Crippen LogP contribution in [0.1, 0.15) is 44.2 Å². The molecule has 2 heterocycles. The average molecular weight is 400 g/mol. The molecule has 1 atom stereocenters. The topological polar surface area (TPSA) is 54.0 Å². The molecule has 4 nitrogen and oxygen atoms in total. The molecule has 0 aliphatic rings. The summed E-state index contributed by atoms with van der Waals surface area (Å²) < 4.78 is 0. The largest absolute Gasteiger partial charge is 0.355 e. The van der Waals surface area contributed by atoms with Crippen LogP contribution < -0.4 is 10.6 Å². The smallest absolute Gasteiger partial charge is 0.225 e. The fraction of sp³-hybridized carbons (Fsp3) is 0.333. The molecule has 27 heavy (non-hydrogen) atoms. The zero-order valence-corrected chi connectivity index (χ0v) is 17.7. The van der Waals surface area contributed by atoms with Crippen LogP contribution in [0.4, 0.5) is 5.13 Å². The van der Waals surface area contributed by atoms with Gasteiger partial charge in [-0.25, -0.2) is 4.98 Å². The van der Waals surface area contributed by atoms with E-state index in [0.29, 0.717) is 6.54 Å². The molecule has 1 unspecified atom stereocenters. The fourth-order valence-corrected chi connectivity index (χ4v) is 4.29. The third-order valence-electron chi connectivity index (χ3n) is 4.16. The summed E-state index contributed by atoms with van der Waals surface area (Å²) in [4.78, 5) is 19.0. The van der Waals surface area contributed by atoms with Gasteiger partial charge >= 0.3 is 0 Å². The average Bonchev–Trinajstić information content (AvgIpc) is 3.28. The van der Waals surface area contributed by atoms with Crippen molar-refractivity contribution in [2.24, 2.45) is 5.41 Å². The standard InChI is InChI=1S/C21H25N3OS2/c1-14(15-8-6-5-7-9-15)23-20-24-17(13-26-20)18-11-10-16(27-18)12-22-19(25)21(2,3)4/h5-11,13-14H,12H2,1-4H3,(H,22,25)(H,23,24). The third-order valence-corrected chi connectivity index (χ3v) is 6.04. The molecule has 0 saturated heterocycles. The second-order valence-corrected chi connectivity index (χ2v) is 9.54. The van der Waals surface area contributed by atoms with Crippen molar-refractivity contribution >= 4 is 33.7 Å². The first kappa shape index (κ1) is 19.6. The van der Waals surface area contributed by atoms with Gasteiger partial charge in [-0.15, -0.1) is 22.7 Å². The van der Waals surface area contributed by atoms with Gasteiger partial charge in [0.1, 0.15) is 0 Å². The van der Waals surface area contributed by atoms with Crippen LogP contribution >= 0.6 is 22.7 Å². The molecule has 1 amide bonds. The number of hydrogen-bond donors (Lipinski definition) is 2. The maximum Gasteiger partial charge on any atom is 0.225 e. The van der Waals surface area contributed by atoms with Gasteiger partial charge in [-0.1, -0.05) is 51.1 Å². The van der Waals surface area contributed by atoms with E-state index in [1.54, 1.807) is 22.7 Å². The number of rotatable bonds is 6. The molecule has 6 heteroatoms. The van der Waals surface area contributed by atoms with E-state index in [1.807, 2.05) is 39.0 Å². The number of amides is 1. The van der Waals surface area contributed by atoms with Crippen LogP contribution in [0.2, 0.25) is 0 Å². The maximum absolute atomic E-state index is 12.0. The Morgan fingerprint density at radius 2 is 1.89 bits per heavy atom. The van der Waals surface area contributed by atoms with Crippen molar-refractivity contribution in [1.82, 2.24) is 10.3 Å². The van der Waals surface area contributed by atoms with E-state index in [-0.39, 0.29) is 17.4 Å². The molecule has 0 spiro atoms. The summed E-state index contributed by atoms with van der Waals surface area (Å²) in [5.74, 6) is 0.0625. The number of thiophene rings is 1. The molecule has 1 aromatic carbocycles. The summed E-state index contributed by atoms with van der Waals surface area (Å²) in [5, 5.41) is 9.45. The molecular formula is C21H25N3OS2. The molecule has 142 valence electrons. The van der Waals surface area contributed by atoms with Gasteiger partial charge in [0.25, 0.3) is 0 Å². The highest BCUT2D eigenvalue weighted by Crippen LogP contribution is 2.32. The molecule has 0 saturated carbocycles. The number of nitrogens with one attached hydrogen (secondary N) is 2. The lowest BCUT2D eigenvalue weighted by Crippen LogP contribution is -2.34. The lowest BCUT2D eigenvalue weighted by molar-refractivity contribution is -0.128. The molecule has 0 aliphatic carbocycles. The van der Waals surface area contributed by atoms with E-state index >= 15 is 0 Å². The van der Waals surface area contributed by atoms with Gasteiger partial charge in [0.2, 0.25) is 5.91 Å². The number of carbonyl (C=O) groups is 1. The third kappa shape index (κ3) is 5.17. The highest BCUT2D eigenvalue weighted by atomic mass is 32.1. The van der Waals surface area contributed by atoms with E-state index in [2.05, 4.69) is 47.2 Å². The van der Waals surface area contributed by atoms with E-state index < -0.39 is 0 Å². The maximum atomic E-state index is 12.0. The van der Waals surface area contributed by atoms with Crippen molar-refractivity contribution in [1.29, 1.82) is 0 Å². The minimum Gasteiger partial charge on any atom is -0.355 e. The van der Waals surface area contributed by atoms with Gasteiger partial charge in [0, 0.05) is 15.7 Å². The van der Waals surface area contributed by atoms with Crippen LogP contribution in [0, 0.1) is 5.41 Å². The van der Waals surface area contributed by atoms with Gasteiger partial charge in [-0.2, -0.15) is 0 Å². The highest BCUT2D eigenvalue weighted by Gasteiger charge is 2.20. The summed E-state index contributed by atoms with van der Waals surface area (Å²) in [6, 6.07) is 14.7. The lowest BCUT2D eigenvalue weighted by Gasteiger charge is -2.17. The molecule has 0 bridgehead atoms. The summed E-state index contributed by atoms with van der Waals surface area (Å²) in [7, 11) is 0. The first-order valence-electron chi connectivity index (χ1n) is 8.97. The Labute approximate surface area is 168 Å². The lowest BCUT2D eigenvalue weighted by atomic mass is 9.96. The van der Waals surface area contributed by atoms with Crippen molar-refractivity contribution in [2.45, 2.75) is 40.3 Å². The van der Waals surface area contributed by atoms with Gasteiger partial charge in [-0.05, 0) is 24.6 Å². The van der Waals surface area contributed by atoms with Crippen molar-refractivity contribution in [3.63, 3.8) is 0 Å². The van der Waals surface area contributed by atoms with Gasteiger partial charge in [0.15, 0.2) is 5.13 Å². The number of anilines is 1. The Balaban J connectivity index is 1.62. The zero-order valence-electron chi connectivity index (χ0n) is 16.1.